The van der Waals surface area contributed by atoms with Crippen molar-refractivity contribution >= 4 is 5.91 Å². The highest BCUT2D eigenvalue weighted by molar-refractivity contribution is 5.85. The summed E-state index contributed by atoms with van der Waals surface area (Å²) >= 11 is 0. The molecular weight excluding hydrogens is 262 g/mol. The maximum absolute atomic E-state index is 12.1. The number of nitrogens with zero attached hydrogens (tertiary/aromatic N) is 1. The highest BCUT2D eigenvalue weighted by Gasteiger charge is 2.49. The Morgan fingerprint density at radius 3 is 2.43 bits per heavy atom. The number of amides is 1. The van der Waals surface area contributed by atoms with Crippen LogP contribution in [-0.4, -0.2) is 42.0 Å². The van der Waals surface area contributed by atoms with E-state index in [1.54, 1.807) is 0 Å². The zero-order valence-electron chi connectivity index (χ0n) is 13.3. The Hall–Kier alpha value is -0.610. The van der Waals surface area contributed by atoms with Crippen molar-refractivity contribution in [2.24, 2.45) is 11.7 Å². The fraction of sp³-hybridized carbons (Fsp3) is 0.941. The third-order valence-electron chi connectivity index (χ3n) is 5.79. The summed E-state index contributed by atoms with van der Waals surface area (Å²) in [5.74, 6) is 0.339. The number of carbonyl (C=O) groups excluding carboxylic acids is 1. The first kappa shape index (κ1) is 15.3. The fourth-order valence-corrected chi connectivity index (χ4v) is 4.34. The summed E-state index contributed by atoms with van der Waals surface area (Å²) < 4.78 is 0. The minimum atomic E-state index is -0.396. The van der Waals surface area contributed by atoms with Crippen molar-refractivity contribution in [2.75, 3.05) is 19.6 Å². The Labute approximate surface area is 128 Å². The van der Waals surface area contributed by atoms with Crippen LogP contribution in [0, 0.1) is 5.92 Å². The average molecular weight is 293 g/mol. The number of primary amides is 1. The van der Waals surface area contributed by atoms with Crippen molar-refractivity contribution in [1.29, 1.82) is 0 Å². The second-order valence-corrected chi connectivity index (χ2v) is 7.39. The molecule has 0 radical (unpaired) electrons. The summed E-state index contributed by atoms with van der Waals surface area (Å²) in [6.45, 7) is 3.63. The second-order valence-electron chi connectivity index (χ2n) is 7.39. The van der Waals surface area contributed by atoms with E-state index in [1.165, 1.54) is 51.6 Å². The number of nitrogens with two attached hydrogens (primary N) is 1. The number of nitrogens with one attached hydrogen (secondary N) is 1. The molecular formula is C17H31N3O. The highest BCUT2D eigenvalue weighted by atomic mass is 16.1. The summed E-state index contributed by atoms with van der Waals surface area (Å²) in [6.07, 6.45) is 12.3. The molecule has 2 atom stereocenters. The third kappa shape index (κ3) is 3.59. The molecule has 3 aliphatic rings. The Balaban J connectivity index is 1.58. The molecule has 120 valence electrons. The van der Waals surface area contributed by atoms with Gasteiger partial charge in [0.2, 0.25) is 5.91 Å². The predicted molar refractivity (Wildman–Crippen MR) is 84.9 cm³/mol. The molecule has 3 N–H and O–H groups in total. The van der Waals surface area contributed by atoms with Gasteiger partial charge in [0, 0.05) is 6.04 Å². The van der Waals surface area contributed by atoms with E-state index in [-0.39, 0.29) is 5.91 Å². The number of carbonyl (C=O) groups is 1. The highest BCUT2D eigenvalue weighted by Crippen LogP contribution is 2.40. The molecule has 2 unspecified atom stereocenters. The topological polar surface area (TPSA) is 58.4 Å². The van der Waals surface area contributed by atoms with Crippen molar-refractivity contribution in [1.82, 2.24) is 10.2 Å². The lowest BCUT2D eigenvalue weighted by atomic mass is 9.83. The van der Waals surface area contributed by atoms with E-state index >= 15 is 0 Å². The van der Waals surface area contributed by atoms with Crippen LogP contribution in [0.4, 0.5) is 0 Å². The summed E-state index contributed by atoms with van der Waals surface area (Å²) in [6, 6.07) is 0.552. The molecule has 0 spiro atoms. The monoisotopic (exact) mass is 293 g/mol. The standard InChI is InChI=1S/C17H31N3O/c18-16(21)17(19-15-7-8-15)10-5-6-14(17)9-13-20-11-3-1-2-4-12-20/h14-15,19H,1-13H2,(H2,18,21). The number of hydrogen-bond donors (Lipinski definition) is 2. The van der Waals surface area contributed by atoms with Crippen LogP contribution in [0.2, 0.25) is 0 Å². The van der Waals surface area contributed by atoms with Crippen LogP contribution in [0.25, 0.3) is 0 Å². The third-order valence-corrected chi connectivity index (χ3v) is 5.79. The fourth-order valence-electron chi connectivity index (χ4n) is 4.34. The summed E-state index contributed by atoms with van der Waals surface area (Å²) in [4.78, 5) is 14.8. The van der Waals surface area contributed by atoms with E-state index in [4.69, 9.17) is 5.73 Å². The summed E-state index contributed by atoms with van der Waals surface area (Å²) in [7, 11) is 0. The molecule has 2 aliphatic carbocycles. The SMILES string of the molecule is NC(=O)C1(NC2CC2)CCCC1CCN1CCCCCC1. The molecule has 4 heteroatoms. The smallest absolute Gasteiger partial charge is 0.238 e. The zero-order valence-corrected chi connectivity index (χ0v) is 13.3. The largest absolute Gasteiger partial charge is 0.368 e. The summed E-state index contributed by atoms with van der Waals surface area (Å²) in [5.41, 5.74) is 5.42. The molecule has 21 heavy (non-hydrogen) atoms. The first-order chi connectivity index (χ1) is 10.2. The minimum Gasteiger partial charge on any atom is -0.368 e. The molecule has 2 saturated carbocycles. The van der Waals surface area contributed by atoms with Crippen molar-refractivity contribution in [2.45, 2.75) is 75.8 Å². The minimum absolute atomic E-state index is 0.104. The van der Waals surface area contributed by atoms with Crippen LogP contribution < -0.4 is 11.1 Å². The number of rotatable bonds is 6. The normalized spacial score (nSPS) is 34.8. The van der Waals surface area contributed by atoms with Gasteiger partial charge < -0.3 is 16.0 Å². The van der Waals surface area contributed by atoms with E-state index in [0.29, 0.717) is 12.0 Å². The van der Waals surface area contributed by atoms with Crippen molar-refractivity contribution in [3.05, 3.63) is 0 Å². The lowest BCUT2D eigenvalue weighted by Gasteiger charge is -2.35. The Morgan fingerprint density at radius 1 is 1.10 bits per heavy atom. The lowest BCUT2D eigenvalue weighted by Crippen LogP contribution is -2.59. The van der Waals surface area contributed by atoms with Gasteiger partial charge in [0.1, 0.15) is 5.54 Å². The quantitative estimate of drug-likeness (QED) is 0.788. The summed E-state index contributed by atoms with van der Waals surface area (Å²) in [5, 5.41) is 3.62. The van der Waals surface area contributed by atoms with Crippen molar-refractivity contribution in [3.8, 4) is 0 Å². The van der Waals surface area contributed by atoms with Gasteiger partial charge in [-0.2, -0.15) is 0 Å². The molecule has 1 aliphatic heterocycles. The molecule has 0 aromatic heterocycles. The van der Waals surface area contributed by atoms with Gasteiger partial charge in [0.15, 0.2) is 0 Å². The van der Waals surface area contributed by atoms with Crippen LogP contribution in [0.15, 0.2) is 0 Å². The van der Waals surface area contributed by atoms with Crippen molar-refractivity contribution in [3.63, 3.8) is 0 Å². The molecule has 1 heterocycles. The second kappa shape index (κ2) is 6.66. The maximum atomic E-state index is 12.1. The van der Waals surface area contributed by atoms with Crippen LogP contribution >= 0.6 is 0 Å². The zero-order chi connectivity index (χ0) is 14.7. The lowest BCUT2D eigenvalue weighted by molar-refractivity contribution is -0.126. The van der Waals surface area contributed by atoms with Gasteiger partial charge in [-0.15, -0.1) is 0 Å². The molecule has 1 amide bonds. The van der Waals surface area contributed by atoms with Gasteiger partial charge in [-0.25, -0.2) is 0 Å². The Kier molecular flexibility index (Phi) is 4.85. The van der Waals surface area contributed by atoms with Gasteiger partial charge in [0.05, 0.1) is 0 Å². The van der Waals surface area contributed by atoms with E-state index in [0.717, 1.165) is 32.2 Å². The van der Waals surface area contributed by atoms with Gasteiger partial charge in [-0.1, -0.05) is 19.3 Å². The molecule has 3 rings (SSSR count). The Bertz CT molecular complexity index is 361. The molecule has 4 nitrogen and oxygen atoms in total. The van der Waals surface area contributed by atoms with Crippen LogP contribution in [0.3, 0.4) is 0 Å². The average Bonchev–Trinajstić information content (AvgIpc) is 3.22. The molecule has 0 aromatic rings. The van der Waals surface area contributed by atoms with Gasteiger partial charge >= 0.3 is 0 Å². The van der Waals surface area contributed by atoms with Gasteiger partial charge in [-0.3, -0.25) is 4.79 Å². The molecule has 0 aromatic carbocycles. The van der Waals surface area contributed by atoms with Crippen LogP contribution in [-0.2, 0) is 4.79 Å². The van der Waals surface area contributed by atoms with Crippen LogP contribution in [0.1, 0.15) is 64.2 Å². The van der Waals surface area contributed by atoms with E-state index in [1.807, 2.05) is 0 Å². The molecule has 1 saturated heterocycles. The first-order valence-electron chi connectivity index (χ1n) is 9.01. The number of likely N-dealkylation sites (tertiary alicyclic amines) is 1. The molecule has 3 fully saturated rings. The van der Waals surface area contributed by atoms with Gasteiger partial charge in [0.25, 0.3) is 0 Å². The van der Waals surface area contributed by atoms with E-state index in [2.05, 4.69) is 10.2 Å². The maximum Gasteiger partial charge on any atom is 0.238 e. The predicted octanol–water partition coefficient (Wildman–Crippen LogP) is 2.03. The van der Waals surface area contributed by atoms with Gasteiger partial charge in [-0.05, 0) is 70.5 Å². The van der Waals surface area contributed by atoms with Crippen LogP contribution in [0.5, 0.6) is 0 Å². The van der Waals surface area contributed by atoms with E-state index < -0.39 is 5.54 Å². The molecule has 0 bridgehead atoms. The van der Waals surface area contributed by atoms with Crippen molar-refractivity contribution < 1.29 is 4.79 Å². The Morgan fingerprint density at radius 2 is 1.81 bits per heavy atom. The van der Waals surface area contributed by atoms with E-state index in [9.17, 15) is 4.79 Å². The number of hydrogen-bond acceptors (Lipinski definition) is 3. The first-order valence-corrected chi connectivity index (χ1v) is 9.01.